The molecule has 0 unspecified atom stereocenters. The van der Waals surface area contributed by atoms with Crippen LogP contribution in [-0.2, 0) is 11.8 Å². The topological polar surface area (TPSA) is 129 Å². The zero-order chi connectivity index (χ0) is 24.1. The first kappa shape index (κ1) is 22.6. The first-order chi connectivity index (χ1) is 16.5. The van der Waals surface area contributed by atoms with Crippen molar-refractivity contribution in [1.29, 1.82) is 0 Å². The molecule has 3 aromatic heterocycles. The summed E-state index contributed by atoms with van der Waals surface area (Å²) < 4.78 is 12.5. The monoisotopic (exact) mass is 460 g/mol. The van der Waals surface area contributed by atoms with Gasteiger partial charge in [-0.3, -0.25) is 4.68 Å². The standard InChI is InChI=1S/C23H24N8O3/c1-5-34-22(32)16-12-24-23(28-18-11-6-8-14(2)26-18)29-21(16)27-17-10-7-9-15(19(17)33-4)20-25-13-31(3)30-20/h6-13H,5H2,1-4H3,(H2,24,26,27,28,29). The molecule has 0 radical (unpaired) electrons. The Bertz CT molecular complexity index is 1320. The number of rotatable bonds is 8. The van der Waals surface area contributed by atoms with Crippen molar-refractivity contribution >= 4 is 29.2 Å². The van der Waals surface area contributed by atoms with Crippen LogP contribution < -0.4 is 15.4 Å². The second-order valence-corrected chi connectivity index (χ2v) is 7.22. The molecular weight excluding hydrogens is 436 g/mol. The summed E-state index contributed by atoms with van der Waals surface area (Å²) in [4.78, 5) is 30.1. The third-order valence-electron chi connectivity index (χ3n) is 4.73. The summed E-state index contributed by atoms with van der Waals surface area (Å²) in [6.07, 6.45) is 3.01. The van der Waals surface area contributed by atoms with E-state index in [-0.39, 0.29) is 23.9 Å². The second kappa shape index (κ2) is 9.94. The summed E-state index contributed by atoms with van der Waals surface area (Å²) in [5.74, 6) is 1.53. The smallest absolute Gasteiger partial charge is 0.343 e. The van der Waals surface area contributed by atoms with Crippen LogP contribution in [0.15, 0.2) is 48.9 Å². The Balaban J connectivity index is 1.74. The van der Waals surface area contributed by atoms with E-state index in [2.05, 4.69) is 35.7 Å². The molecule has 0 aliphatic carbocycles. The van der Waals surface area contributed by atoms with Crippen molar-refractivity contribution < 1.29 is 14.3 Å². The van der Waals surface area contributed by atoms with Gasteiger partial charge in [0, 0.05) is 18.9 Å². The predicted octanol–water partition coefficient (Wildman–Crippen LogP) is 3.65. The molecule has 4 aromatic rings. The number of benzene rings is 1. The number of hydrogen-bond acceptors (Lipinski definition) is 10. The van der Waals surface area contributed by atoms with E-state index in [1.165, 1.54) is 6.20 Å². The number of carbonyl (C=O) groups excluding carboxylic acids is 1. The Kier molecular flexibility index (Phi) is 6.62. The summed E-state index contributed by atoms with van der Waals surface area (Å²) >= 11 is 0. The van der Waals surface area contributed by atoms with E-state index < -0.39 is 5.97 Å². The average Bonchev–Trinajstić information content (AvgIpc) is 3.25. The van der Waals surface area contributed by atoms with Gasteiger partial charge < -0.3 is 20.1 Å². The molecule has 4 rings (SSSR count). The van der Waals surface area contributed by atoms with Crippen molar-refractivity contribution in [3.8, 4) is 17.1 Å². The van der Waals surface area contributed by atoms with Crippen molar-refractivity contribution in [2.45, 2.75) is 13.8 Å². The van der Waals surface area contributed by atoms with Crippen LogP contribution in [-0.4, -0.2) is 49.4 Å². The number of pyridine rings is 1. The normalized spacial score (nSPS) is 10.6. The highest BCUT2D eigenvalue weighted by molar-refractivity contribution is 5.96. The first-order valence-corrected chi connectivity index (χ1v) is 10.5. The molecular formula is C23H24N8O3. The molecule has 0 atom stereocenters. The SMILES string of the molecule is CCOC(=O)c1cnc(Nc2cccc(C)n2)nc1Nc1cccc(-c2ncn(C)n2)c1OC. The van der Waals surface area contributed by atoms with Crippen LogP contribution >= 0.6 is 0 Å². The lowest BCUT2D eigenvalue weighted by molar-refractivity contribution is 0.0526. The van der Waals surface area contributed by atoms with Gasteiger partial charge in [-0.05, 0) is 38.1 Å². The molecule has 1 aromatic carbocycles. The van der Waals surface area contributed by atoms with Crippen molar-refractivity contribution in [1.82, 2.24) is 29.7 Å². The van der Waals surface area contributed by atoms with Gasteiger partial charge >= 0.3 is 5.97 Å². The highest BCUT2D eigenvalue weighted by atomic mass is 16.5. The number of carbonyl (C=O) groups is 1. The summed E-state index contributed by atoms with van der Waals surface area (Å²) in [5.41, 5.74) is 2.27. The number of nitrogens with zero attached hydrogens (tertiary/aromatic N) is 6. The number of aromatic nitrogens is 6. The van der Waals surface area contributed by atoms with Crippen LogP contribution in [0.2, 0.25) is 0 Å². The Morgan fingerprint density at radius 1 is 1.09 bits per heavy atom. The van der Waals surface area contributed by atoms with Gasteiger partial charge in [0.25, 0.3) is 0 Å². The van der Waals surface area contributed by atoms with Gasteiger partial charge in [-0.1, -0.05) is 12.1 Å². The summed E-state index contributed by atoms with van der Waals surface area (Å²) in [7, 11) is 3.34. The van der Waals surface area contributed by atoms with E-state index in [9.17, 15) is 4.79 Å². The molecule has 0 aliphatic heterocycles. The molecule has 3 heterocycles. The van der Waals surface area contributed by atoms with Gasteiger partial charge in [-0.15, -0.1) is 0 Å². The maximum atomic E-state index is 12.6. The quantitative estimate of drug-likeness (QED) is 0.376. The lowest BCUT2D eigenvalue weighted by Gasteiger charge is -2.16. The lowest BCUT2D eigenvalue weighted by Crippen LogP contribution is -2.12. The maximum absolute atomic E-state index is 12.6. The van der Waals surface area contributed by atoms with Gasteiger partial charge in [0.15, 0.2) is 17.4 Å². The van der Waals surface area contributed by atoms with Crippen molar-refractivity contribution in [2.24, 2.45) is 7.05 Å². The molecule has 174 valence electrons. The number of methoxy groups -OCH3 is 1. The minimum atomic E-state index is -0.549. The van der Waals surface area contributed by atoms with Crippen molar-refractivity contribution in [3.63, 3.8) is 0 Å². The molecule has 0 aliphatic rings. The van der Waals surface area contributed by atoms with Crippen LogP contribution in [0.1, 0.15) is 23.0 Å². The van der Waals surface area contributed by atoms with E-state index in [1.54, 1.807) is 44.2 Å². The third kappa shape index (κ3) is 4.93. The van der Waals surface area contributed by atoms with Crippen LogP contribution in [0, 0.1) is 6.92 Å². The largest absolute Gasteiger partial charge is 0.494 e. The summed E-state index contributed by atoms with van der Waals surface area (Å²) in [6, 6.07) is 11.0. The van der Waals surface area contributed by atoms with Gasteiger partial charge in [0.05, 0.1) is 25.0 Å². The van der Waals surface area contributed by atoms with Crippen molar-refractivity contribution in [3.05, 3.63) is 60.2 Å². The predicted molar refractivity (Wildman–Crippen MR) is 127 cm³/mol. The number of anilines is 4. The molecule has 34 heavy (non-hydrogen) atoms. The van der Waals surface area contributed by atoms with E-state index in [4.69, 9.17) is 9.47 Å². The summed E-state index contributed by atoms with van der Waals surface area (Å²) in [5, 5.41) is 10.6. The minimum absolute atomic E-state index is 0.174. The zero-order valence-corrected chi connectivity index (χ0v) is 19.2. The zero-order valence-electron chi connectivity index (χ0n) is 19.2. The molecule has 0 spiro atoms. The van der Waals surface area contributed by atoms with Crippen LogP contribution in [0.4, 0.5) is 23.3 Å². The fraction of sp³-hybridized carbons (Fsp3) is 0.217. The van der Waals surface area contributed by atoms with Gasteiger partial charge in [0.1, 0.15) is 17.7 Å². The van der Waals surface area contributed by atoms with E-state index in [0.29, 0.717) is 28.6 Å². The molecule has 0 saturated carbocycles. The highest BCUT2D eigenvalue weighted by Gasteiger charge is 2.20. The van der Waals surface area contributed by atoms with Gasteiger partial charge in [-0.25, -0.2) is 19.7 Å². The Hall–Kier alpha value is -4.54. The number of aryl methyl sites for hydroxylation is 2. The third-order valence-corrected chi connectivity index (χ3v) is 4.73. The number of para-hydroxylation sites is 1. The molecule has 2 N–H and O–H groups in total. The van der Waals surface area contributed by atoms with Crippen LogP contribution in [0.5, 0.6) is 5.75 Å². The Morgan fingerprint density at radius 3 is 2.62 bits per heavy atom. The van der Waals surface area contributed by atoms with Crippen LogP contribution in [0.25, 0.3) is 11.4 Å². The molecule has 11 heteroatoms. The fourth-order valence-electron chi connectivity index (χ4n) is 3.24. The minimum Gasteiger partial charge on any atom is -0.494 e. The van der Waals surface area contributed by atoms with Crippen LogP contribution in [0.3, 0.4) is 0 Å². The number of esters is 1. The lowest BCUT2D eigenvalue weighted by atomic mass is 10.1. The second-order valence-electron chi connectivity index (χ2n) is 7.22. The average molecular weight is 460 g/mol. The first-order valence-electron chi connectivity index (χ1n) is 10.5. The number of nitrogens with one attached hydrogen (secondary N) is 2. The Morgan fingerprint density at radius 2 is 1.91 bits per heavy atom. The molecule has 0 saturated heterocycles. The molecule has 11 nitrogen and oxygen atoms in total. The van der Waals surface area contributed by atoms with E-state index in [1.807, 2.05) is 31.2 Å². The number of ether oxygens (including phenoxy) is 2. The molecule has 0 bridgehead atoms. The van der Waals surface area contributed by atoms with Crippen molar-refractivity contribution in [2.75, 3.05) is 24.4 Å². The molecule has 0 amide bonds. The molecule has 0 fully saturated rings. The summed E-state index contributed by atoms with van der Waals surface area (Å²) in [6.45, 7) is 3.84. The maximum Gasteiger partial charge on any atom is 0.343 e. The highest BCUT2D eigenvalue weighted by Crippen LogP contribution is 2.36. The van der Waals surface area contributed by atoms with Gasteiger partial charge in [0.2, 0.25) is 5.95 Å². The van der Waals surface area contributed by atoms with E-state index >= 15 is 0 Å². The van der Waals surface area contributed by atoms with Gasteiger partial charge in [-0.2, -0.15) is 10.1 Å². The Labute approximate surface area is 196 Å². The van der Waals surface area contributed by atoms with E-state index in [0.717, 1.165) is 5.69 Å². The number of hydrogen-bond donors (Lipinski definition) is 2. The fourth-order valence-corrected chi connectivity index (χ4v) is 3.24.